The van der Waals surface area contributed by atoms with E-state index < -0.39 is 17.4 Å². The first-order valence-electron chi connectivity index (χ1n) is 17.4. The van der Waals surface area contributed by atoms with E-state index in [9.17, 15) is 9.90 Å². The molecule has 0 spiro atoms. The highest BCUT2D eigenvalue weighted by molar-refractivity contribution is 6.05. The Morgan fingerprint density at radius 3 is 1.17 bits per heavy atom. The van der Waals surface area contributed by atoms with Gasteiger partial charge in [-0.05, 0) is 69.8 Å². The largest absolute Gasteiger partial charge is 0.505 e. The number of ketones is 1. The molecule has 0 fully saturated rings. The van der Waals surface area contributed by atoms with Gasteiger partial charge >= 0.3 is 0 Å². The zero-order chi connectivity index (χ0) is 37.4. The molecule has 6 aromatic carbocycles. The SMILES string of the molecule is O=C(/C=C/c1ccc(OCc2ccccc2)c(OCc2ccccc2)c1)/C(F)=C(O)/C=C/c1ccc(OCc2ccccc2)c(OCc2ccccc2)c1. The number of hydrogen-bond donors (Lipinski definition) is 1. The standard InChI is InChI=1S/C47H39FO6/c48-47(41(49)25-21-35-23-27-43(51-31-37-13-5-1-6-14-37)45(29-35)53-33-39-17-9-3-10-18-39)42(50)26-22-36-24-28-44(52-32-38-15-7-2-8-16-38)46(30-36)54-34-40-19-11-4-12-20-40/h1-30,49H,31-34H2/b25-21+,26-22+,47-41+. The third kappa shape index (κ3) is 11.1. The first kappa shape index (κ1) is 36.9. The van der Waals surface area contributed by atoms with Crippen molar-refractivity contribution in [2.45, 2.75) is 26.4 Å². The van der Waals surface area contributed by atoms with Crippen molar-refractivity contribution in [1.29, 1.82) is 0 Å². The average molecular weight is 719 g/mol. The summed E-state index contributed by atoms with van der Waals surface area (Å²) in [6.45, 7) is 1.29. The Labute approximate surface area is 314 Å². The van der Waals surface area contributed by atoms with Crippen LogP contribution in [0.4, 0.5) is 4.39 Å². The Balaban J connectivity index is 1.14. The van der Waals surface area contributed by atoms with E-state index >= 15 is 4.39 Å². The quantitative estimate of drug-likeness (QED) is 0.0575. The number of rotatable bonds is 17. The van der Waals surface area contributed by atoms with Gasteiger partial charge in [-0.3, -0.25) is 4.79 Å². The zero-order valence-corrected chi connectivity index (χ0v) is 29.5. The summed E-state index contributed by atoms with van der Waals surface area (Å²) in [4.78, 5) is 12.8. The summed E-state index contributed by atoms with van der Waals surface area (Å²) >= 11 is 0. The minimum Gasteiger partial charge on any atom is -0.505 e. The summed E-state index contributed by atoms with van der Waals surface area (Å²) in [5, 5.41) is 10.5. The lowest BCUT2D eigenvalue weighted by molar-refractivity contribution is -0.112. The predicted molar refractivity (Wildman–Crippen MR) is 210 cm³/mol. The van der Waals surface area contributed by atoms with E-state index in [4.69, 9.17) is 18.9 Å². The maximum atomic E-state index is 15.1. The fourth-order valence-corrected chi connectivity index (χ4v) is 5.28. The lowest BCUT2D eigenvalue weighted by atomic mass is 10.1. The van der Waals surface area contributed by atoms with Gasteiger partial charge in [0.25, 0.3) is 0 Å². The zero-order valence-electron chi connectivity index (χ0n) is 29.5. The molecule has 6 rings (SSSR count). The molecule has 0 aliphatic heterocycles. The van der Waals surface area contributed by atoms with Gasteiger partial charge in [-0.1, -0.05) is 146 Å². The first-order valence-corrected chi connectivity index (χ1v) is 17.4. The molecule has 54 heavy (non-hydrogen) atoms. The molecular weight excluding hydrogens is 680 g/mol. The van der Waals surface area contributed by atoms with Gasteiger partial charge in [0.15, 0.2) is 28.8 Å². The summed E-state index contributed by atoms with van der Waals surface area (Å²) < 4.78 is 39.5. The number of benzene rings is 6. The Hall–Kier alpha value is -6.86. The van der Waals surface area contributed by atoms with Crippen LogP contribution in [0, 0.1) is 0 Å². The summed E-state index contributed by atoms with van der Waals surface area (Å²) in [5.41, 5.74) is 5.14. The van der Waals surface area contributed by atoms with Crippen molar-refractivity contribution in [2.75, 3.05) is 0 Å². The molecule has 7 heteroatoms. The monoisotopic (exact) mass is 718 g/mol. The van der Waals surface area contributed by atoms with E-state index in [2.05, 4.69) is 0 Å². The number of carbonyl (C=O) groups excluding carboxylic acids is 1. The number of hydrogen-bond acceptors (Lipinski definition) is 6. The van der Waals surface area contributed by atoms with Crippen LogP contribution in [0.15, 0.2) is 181 Å². The second kappa shape index (κ2) is 19.1. The Morgan fingerprint density at radius 1 is 0.463 bits per heavy atom. The van der Waals surface area contributed by atoms with E-state index in [0.717, 1.165) is 34.4 Å². The van der Waals surface area contributed by atoms with Gasteiger partial charge in [-0.25, -0.2) is 0 Å². The molecule has 0 saturated heterocycles. The van der Waals surface area contributed by atoms with Gasteiger partial charge in [0, 0.05) is 0 Å². The molecule has 0 bridgehead atoms. The molecule has 0 aliphatic carbocycles. The number of carbonyl (C=O) groups is 1. The maximum absolute atomic E-state index is 15.1. The molecule has 0 unspecified atom stereocenters. The normalized spacial score (nSPS) is 11.6. The van der Waals surface area contributed by atoms with Crippen molar-refractivity contribution >= 4 is 17.9 Å². The Morgan fingerprint density at radius 2 is 0.796 bits per heavy atom. The van der Waals surface area contributed by atoms with E-state index in [1.165, 1.54) is 12.2 Å². The number of aliphatic hydroxyl groups is 1. The van der Waals surface area contributed by atoms with Gasteiger partial charge in [0.2, 0.25) is 11.6 Å². The van der Waals surface area contributed by atoms with Crippen molar-refractivity contribution in [3.63, 3.8) is 0 Å². The smallest absolute Gasteiger partial charge is 0.218 e. The lowest BCUT2D eigenvalue weighted by Gasteiger charge is -2.14. The topological polar surface area (TPSA) is 74.2 Å². The molecule has 1 N–H and O–H groups in total. The summed E-state index contributed by atoms with van der Waals surface area (Å²) in [5.74, 6) is -1.10. The van der Waals surface area contributed by atoms with Gasteiger partial charge in [0.1, 0.15) is 26.4 Å². The lowest BCUT2D eigenvalue weighted by Crippen LogP contribution is -2.01. The number of halogens is 1. The van der Waals surface area contributed by atoms with Crippen molar-refractivity contribution in [3.8, 4) is 23.0 Å². The first-order chi connectivity index (χ1) is 26.5. The molecule has 0 aromatic heterocycles. The Kier molecular flexibility index (Phi) is 13.1. The third-order valence-corrected chi connectivity index (χ3v) is 8.19. The number of allylic oxidation sites excluding steroid dienone is 3. The van der Waals surface area contributed by atoms with Crippen LogP contribution in [0.2, 0.25) is 0 Å². The third-order valence-electron chi connectivity index (χ3n) is 8.19. The predicted octanol–water partition coefficient (Wildman–Crippen LogP) is 11.0. The fourth-order valence-electron chi connectivity index (χ4n) is 5.28. The van der Waals surface area contributed by atoms with Crippen LogP contribution in [0.5, 0.6) is 23.0 Å². The van der Waals surface area contributed by atoms with E-state index in [-0.39, 0.29) is 0 Å². The van der Waals surface area contributed by atoms with Gasteiger partial charge < -0.3 is 24.1 Å². The van der Waals surface area contributed by atoms with Crippen LogP contribution in [0.1, 0.15) is 33.4 Å². The second-order valence-corrected chi connectivity index (χ2v) is 12.2. The van der Waals surface area contributed by atoms with E-state index in [0.29, 0.717) is 60.6 Å². The van der Waals surface area contributed by atoms with Crippen molar-refractivity contribution < 1.29 is 33.2 Å². The molecule has 0 saturated carbocycles. The van der Waals surface area contributed by atoms with Crippen molar-refractivity contribution in [2.24, 2.45) is 0 Å². The molecule has 6 aromatic rings. The van der Waals surface area contributed by atoms with Gasteiger partial charge in [-0.2, -0.15) is 4.39 Å². The van der Waals surface area contributed by atoms with Crippen molar-refractivity contribution in [3.05, 3.63) is 215 Å². The molecule has 270 valence electrons. The molecule has 0 aliphatic rings. The Bertz CT molecular complexity index is 2200. The summed E-state index contributed by atoms with van der Waals surface area (Å²) in [6.07, 6.45) is 5.15. The maximum Gasteiger partial charge on any atom is 0.218 e. The van der Waals surface area contributed by atoms with Gasteiger partial charge in [-0.15, -0.1) is 0 Å². The summed E-state index contributed by atoms with van der Waals surface area (Å²) in [6, 6.07) is 49.4. The molecular formula is C47H39FO6. The highest BCUT2D eigenvalue weighted by Crippen LogP contribution is 2.32. The van der Waals surface area contributed by atoms with Crippen LogP contribution in [-0.2, 0) is 31.2 Å². The highest BCUT2D eigenvalue weighted by atomic mass is 19.1. The minimum atomic E-state index is -1.30. The van der Waals surface area contributed by atoms with Crippen molar-refractivity contribution in [1.82, 2.24) is 0 Å². The van der Waals surface area contributed by atoms with Crippen LogP contribution in [0.25, 0.3) is 12.2 Å². The molecule has 0 radical (unpaired) electrons. The molecule has 0 amide bonds. The molecule has 0 heterocycles. The van der Waals surface area contributed by atoms with E-state index in [1.54, 1.807) is 36.4 Å². The van der Waals surface area contributed by atoms with Crippen LogP contribution >= 0.6 is 0 Å². The fraction of sp³-hybridized carbons (Fsp3) is 0.0851. The molecule has 6 nitrogen and oxygen atoms in total. The van der Waals surface area contributed by atoms with Gasteiger partial charge in [0.05, 0.1) is 0 Å². The minimum absolute atomic E-state index is 0.302. The average Bonchev–Trinajstić information content (AvgIpc) is 3.23. The van der Waals surface area contributed by atoms with Crippen LogP contribution in [-0.4, -0.2) is 10.9 Å². The number of aliphatic hydroxyl groups excluding tert-OH is 1. The van der Waals surface area contributed by atoms with E-state index in [1.807, 2.05) is 121 Å². The number of ether oxygens (including phenoxy) is 4. The van der Waals surface area contributed by atoms with Crippen LogP contribution in [0.3, 0.4) is 0 Å². The highest BCUT2D eigenvalue weighted by Gasteiger charge is 2.13. The molecule has 0 atom stereocenters. The van der Waals surface area contributed by atoms with Crippen LogP contribution < -0.4 is 18.9 Å². The summed E-state index contributed by atoms with van der Waals surface area (Å²) in [7, 11) is 0. The second-order valence-electron chi connectivity index (χ2n) is 12.2.